The predicted octanol–water partition coefficient (Wildman–Crippen LogP) is 9.48. The Morgan fingerprint density at radius 3 is 1.14 bits per heavy atom. The molecule has 0 aliphatic heterocycles. The largest absolute Gasteiger partial charge is 0.485 e. The summed E-state index contributed by atoms with van der Waals surface area (Å²) in [4.78, 5) is 22.2. The summed E-state index contributed by atoms with van der Waals surface area (Å²) in [7, 11) is 0. The topological polar surface area (TPSA) is 91.3 Å². The number of carboxylic acid groups (broad SMARTS) is 1. The minimum absolute atomic E-state index is 0.0601. The third-order valence-electron chi connectivity index (χ3n) is 7.40. The van der Waals surface area contributed by atoms with Gasteiger partial charge in [-0.05, 0) is 28.3 Å². The van der Waals surface area contributed by atoms with Crippen molar-refractivity contribution in [2.24, 2.45) is 0 Å². The second-order valence-corrected chi connectivity index (χ2v) is 11.1. The van der Waals surface area contributed by atoms with Crippen molar-refractivity contribution in [3.8, 4) is 23.0 Å². The van der Waals surface area contributed by atoms with E-state index in [0.717, 1.165) is 34.4 Å². The van der Waals surface area contributed by atoms with Gasteiger partial charge in [0.1, 0.15) is 38.1 Å². The number of carbonyl (C=O) groups is 2. The van der Waals surface area contributed by atoms with Gasteiger partial charge in [-0.2, -0.15) is 0 Å². The van der Waals surface area contributed by atoms with E-state index in [-0.39, 0.29) is 42.6 Å². The number of halogens is 2. The van der Waals surface area contributed by atoms with Crippen LogP contribution in [0, 0.1) is 11.6 Å². The molecule has 0 atom stereocenters. The fourth-order valence-corrected chi connectivity index (χ4v) is 4.73. The Morgan fingerprint density at radius 2 is 0.804 bits per heavy atom. The maximum atomic E-state index is 14.1. The molecule has 0 fully saturated rings. The van der Waals surface area contributed by atoms with Crippen LogP contribution < -0.4 is 18.9 Å². The van der Waals surface area contributed by atoms with Gasteiger partial charge >= 0.3 is 5.97 Å². The van der Waals surface area contributed by atoms with E-state index in [1.165, 1.54) is 12.1 Å². The zero-order valence-corrected chi connectivity index (χ0v) is 27.4. The van der Waals surface area contributed by atoms with E-state index in [1.807, 2.05) is 121 Å². The van der Waals surface area contributed by atoms with Crippen LogP contribution in [0.5, 0.6) is 23.0 Å². The molecule has 0 amide bonds. The molecule has 0 bridgehead atoms. The van der Waals surface area contributed by atoms with E-state index in [0.29, 0.717) is 18.6 Å². The number of carbonyl (C=O) groups excluding carboxylic acids is 1. The molecule has 258 valence electrons. The maximum Gasteiger partial charge on any atom is 0.338 e. The highest BCUT2D eigenvalue weighted by Gasteiger charge is 2.18. The first-order chi connectivity index (χ1) is 24.9. The number of aldehydes is 1. The van der Waals surface area contributed by atoms with Crippen LogP contribution in [0.25, 0.3) is 0 Å². The second-order valence-electron chi connectivity index (χ2n) is 11.1. The van der Waals surface area contributed by atoms with Gasteiger partial charge in [0.25, 0.3) is 0 Å². The molecule has 0 heterocycles. The molecule has 6 rings (SSSR count). The standard InChI is InChI=1S/C21H17FO4.C21H17FO3/c22-18-12-20(26-14-16-9-5-2-6-10-16)19(11-17(18)21(23)24)25-13-15-7-3-1-4-8-15;22-19-12-21(25-15-17-9-5-2-6-10-17)20(11-18(19)13-23)24-14-16-7-3-1-4-8-16/h1-12H,13-14H2,(H,23,24);1-13H,14-15H2. The summed E-state index contributed by atoms with van der Waals surface area (Å²) in [5, 5.41) is 9.14. The van der Waals surface area contributed by atoms with E-state index in [9.17, 15) is 18.4 Å². The van der Waals surface area contributed by atoms with Crippen molar-refractivity contribution in [3.05, 3.63) is 191 Å². The Bertz CT molecular complexity index is 2010. The lowest BCUT2D eigenvalue weighted by molar-refractivity contribution is 0.0690. The van der Waals surface area contributed by atoms with Gasteiger partial charge in [0.15, 0.2) is 29.3 Å². The van der Waals surface area contributed by atoms with Crippen molar-refractivity contribution in [1.82, 2.24) is 0 Å². The zero-order chi connectivity index (χ0) is 35.8. The van der Waals surface area contributed by atoms with E-state index < -0.39 is 23.2 Å². The minimum Gasteiger partial charge on any atom is -0.485 e. The van der Waals surface area contributed by atoms with Gasteiger partial charge in [0.2, 0.25) is 0 Å². The highest BCUT2D eigenvalue weighted by molar-refractivity contribution is 5.88. The molecule has 0 saturated heterocycles. The summed E-state index contributed by atoms with van der Waals surface area (Å²) in [6.45, 7) is 1.01. The molecule has 0 saturated carbocycles. The lowest BCUT2D eigenvalue weighted by atomic mass is 10.2. The monoisotopic (exact) mass is 688 g/mol. The molecule has 7 nitrogen and oxygen atoms in total. The minimum atomic E-state index is -1.36. The van der Waals surface area contributed by atoms with Crippen LogP contribution >= 0.6 is 0 Å². The normalized spacial score (nSPS) is 10.3. The summed E-state index contributed by atoms with van der Waals surface area (Å²) >= 11 is 0. The van der Waals surface area contributed by atoms with Crippen molar-refractivity contribution in [2.45, 2.75) is 26.4 Å². The SMILES string of the molecule is O=C(O)c1cc(OCc2ccccc2)c(OCc2ccccc2)cc1F.O=Cc1cc(OCc2ccccc2)c(OCc2ccccc2)cc1F. The van der Waals surface area contributed by atoms with Crippen molar-refractivity contribution < 1.29 is 42.4 Å². The quantitative estimate of drug-likeness (QED) is 0.114. The number of aromatic carboxylic acids is 1. The van der Waals surface area contributed by atoms with Gasteiger partial charge in [0, 0.05) is 18.2 Å². The fourth-order valence-electron chi connectivity index (χ4n) is 4.73. The predicted molar refractivity (Wildman–Crippen MR) is 188 cm³/mol. The number of rotatable bonds is 14. The zero-order valence-electron chi connectivity index (χ0n) is 27.4. The number of ether oxygens (including phenoxy) is 4. The molecule has 0 aliphatic rings. The van der Waals surface area contributed by atoms with Crippen LogP contribution in [-0.2, 0) is 26.4 Å². The number of benzene rings is 6. The first kappa shape index (κ1) is 35.8. The summed E-state index contributed by atoms with van der Waals surface area (Å²) in [5.41, 5.74) is 3.21. The van der Waals surface area contributed by atoms with E-state index in [2.05, 4.69) is 0 Å². The number of hydrogen-bond acceptors (Lipinski definition) is 6. The van der Waals surface area contributed by atoms with Gasteiger partial charge in [-0.25, -0.2) is 13.6 Å². The molecule has 1 N–H and O–H groups in total. The molecule has 6 aromatic rings. The highest BCUT2D eigenvalue weighted by Crippen LogP contribution is 2.33. The summed E-state index contributed by atoms with van der Waals surface area (Å²) in [6, 6.07) is 42.7. The lowest BCUT2D eigenvalue weighted by Crippen LogP contribution is -2.06. The van der Waals surface area contributed by atoms with Crippen molar-refractivity contribution >= 4 is 12.3 Å². The Morgan fingerprint density at radius 1 is 0.490 bits per heavy atom. The Hall–Kier alpha value is -6.48. The van der Waals surface area contributed by atoms with E-state index >= 15 is 0 Å². The molecule has 9 heteroatoms. The van der Waals surface area contributed by atoms with Crippen molar-refractivity contribution in [2.75, 3.05) is 0 Å². The van der Waals surface area contributed by atoms with Gasteiger partial charge in [-0.15, -0.1) is 0 Å². The summed E-state index contributed by atoms with van der Waals surface area (Å²) in [5.74, 6) is -1.92. The van der Waals surface area contributed by atoms with Gasteiger partial charge in [0.05, 0.1) is 11.1 Å². The van der Waals surface area contributed by atoms with Gasteiger partial charge in [-0.3, -0.25) is 4.79 Å². The molecule has 0 spiro atoms. The lowest BCUT2D eigenvalue weighted by Gasteiger charge is -2.14. The average Bonchev–Trinajstić information content (AvgIpc) is 3.17. The van der Waals surface area contributed by atoms with Gasteiger partial charge in [-0.1, -0.05) is 121 Å². The summed E-state index contributed by atoms with van der Waals surface area (Å²) in [6.07, 6.45) is 0.464. The molecular formula is C42H34F2O7. The van der Waals surface area contributed by atoms with Crippen LogP contribution in [0.3, 0.4) is 0 Å². The third kappa shape index (κ3) is 10.8. The summed E-state index contributed by atoms with van der Waals surface area (Å²) < 4.78 is 50.8. The molecule has 51 heavy (non-hydrogen) atoms. The second kappa shape index (κ2) is 18.3. The van der Waals surface area contributed by atoms with E-state index in [4.69, 9.17) is 24.1 Å². The van der Waals surface area contributed by atoms with Crippen LogP contribution in [0.15, 0.2) is 146 Å². The number of hydrogen-bond donors (Lipinski definition) is 1. The molecule has 0 aromatic heterocycles. The van der Waals surface area contributed by atoms with Crippen LogP contribution in [0.4, 0.5) is 8.78 Å². The average molecular weight is 689 g/mol. The first-order valence-electron chi connectivity index (χ1n) is 15.9. The maximum absolute atomic E-state index is 14.1. The van der Waals surface area contributed by atoms with Crippen LogP contribution in [0.1, 0.15) is 43.0 Å². The molecule has 0 unspecified atom stereocenters. The molecule has 0 aliphatic carbocycles. The smallest absolute Gasteiger partial charge is 0.338 e. The first-order valence-corrected chi connectivity index (χ1v) is 15.9. The highest BCUT2D eigenvalue weighted by atomic mass is 19.1. The van der Waals surface area contributed by atoms with E-state index in [1.54, 1.807) is 0 Å². The van der Waals surface area contributed by atoms with Crippen molar-refractivity contribution in [3.63, 3.8) is 0 Å². The fraction of sp³-hybridized carbons (Fsp3) is 0.0952. The molecule has 6 aromatic carbocycles. The van der Waals surface area contributed by atoms with Gasteiger partial charge < -0.3 is 24.1 Å². The third-order valence-corrected chi connectivity index (χ3v) is 7.40. The van der Waals surface area contributed by atoms with Crippen LogP contribution in [-0.4, -0.2) is 17.4 Å². The molecule has 0 radical (unpaired) electrons. The Labute approximate surface area is 294 Å². The Balaban J connectivity index is 0.000000198. The Kier molecular flexibility index (Phi) is 12.9. The van der Waals surface area contributed by atoms with Crippen molar-refractivity contribution in [1.29, 1.82) is 0 Å². The van der Waals surface area contributed by atoms with Crippen LogP contribution in [0.2, 0.25) is 0 Å². The molecular weight excluding hydrogens is 654 g/mol. The number of carboxylic acids is 1.